The number of benzene rings is 1. The van der Waals surface area contributed by atoms with Crippen molar-refractivity contribution in [3.8, 4) is 0 Å². The minimum absolute atomic E-state index is 0.0945. The van der Waals surface area contributed by atoms with Crippen molar-refractivity contribution in [3.05, 3.63) is 34.1 Å². The number of hydrogen-bond acceptors (Lipinski definition) is 1. The summed E-state index contributed by atoms with van der Waals surface area (Å²) in [5.74, 6) is -0.287. The van der Waals surface area contributed by atoms with Gasteiger partial charge in [-0.2, -0.15) is 0 Å². The fourth-order valence-corrected chi connectivity index (χ4v) is 2.70. The molecule has 1 aliphatic rings. The quantitative estimate of drug-likeness (QED) is 0.901. The summed E-state index contributed by atoms with van der Waals surface area (Å²) in [5.41, 5.74) is 0.324. The Hall–Kier alpha value is -0.900. The van der Waals surface area contributed by atoms with Gasteiger partial charge in [-0.15, -0.1) is 0 Å². The van der Waals surface area contributed by atoms with Crippen LogP contribution in [0.4, 0.5) is 4.39 Å². The SMILES string of the molecule is CC(C)C1(CNC(=O)c2c(F)cccc2Br)CC1. The minimum Gasteiger partial charge on any atom is -0.351 e. The highest BCUT2D eigenvalue weighted by Crippen LogP contribution is 2.51. The van der Waals surface area contributed by atoms with E-state index in [0.29, 0.717) is 16.9 Å². The third-order valence-electron chi connectivity index (χ3n) is 3.91. The Bertz CT molecular complexity index is 449. The molecule has 1 aromatic carbocycles. The second kappa shape index (κ2) is 5.00. The molecule has 1 aliphatic carbocycles. The average molecular weight is 314 g/mol. The molecule has 0 bridgehead atoms. The Morgan fingerprint density at radius 2 is 2.17 bits per heavy atom. The number of hydrogen-bond donors (Lipinski definition) is 1. The van der Waals surface area contributed by atoms with E-state index >= 15 is 0 Å². The third kappa shape index (κ3) is 2.58. The van der Waals surface area contributed by atoms with E-state index in [4.69, 9.17) is 0 Å². The van der Waals surface area contributed by atoms with Crippen LogP contribution in [0.25, 0.3) is 0 Å². The largest absolute Gasteiger partial charge is 0.351 e. The molecule has 2 rings (SSSR count). The molecule has 98 valence electrons. The summed E-state index contributed by atoms with van der Waals surface area (Å²) in [5, 5.41) is 2.86. The van der Waals surface area contributed by atoms with Crippen LogP contribution in [0.5, 0.6) is 0 Å². The van der Waals surface area contributed by atoms with Crippen molar-refractivity contribution in [3.63, 3.8) is 0 Å². The predicted molar refractivity (Wildman–Crippen MR) is 72.9 cm³/mol. The summed E-state index contributed by atoms with van der Waals surface area (Å²) >= 11 is 3.21. The van der Waals surface area contributed by atoms with Crippen molar-refractivity contribution in [2.45, 2.75) is 26.7 Å². The van der Waals surface area contributed by atoms with Crippen LogP contribution in [0.3, 0.4) is 0 Å². The molecule has 0 aliphatic heterocycles. The Balaban J connectivity index is 2.05. The lowest BCUT2D eigenvalue weighted by Crippen LogP contribution is -2.33. The van der Waals surface area contributed by atoms with Crippen molar-refractivity contribution in [1.82, 2.24) is 5.32 Å². The maximum absolute atomic E-state index is 13.6. The van der Waals surface area contributed by atoms with Gasteiger partial charge >= 0.3 is 0 Å². The molecule has 1 fully saturated rings. The minimum atomic E-state index is -0.490. The number of halogens is 2. The van der Waals surface area contributed by atoms with Gasteiger partial charge in [-0.3, -0.25) is 4.79 Å². The van der Waals surface area contributed by atoms with Gasteiger partial charge in [0.25, 0.3) is 5.91 Å². The molecule has 0 atom stereocenters. The van der Waals surface area contributed by atoms with E-state index in [0.717, 1.165) is 12.8 Å². The van der Waals surface area contributed by atoms with Crippen molar-refractivity contribution in [1.29, 1.82) is 0 Å². The van der Waals surface area contributed by atoms with Crippen LogP contribution in [0.2, 0.25) is 0 Å². The molecule has 18 heavy (non-hydrogen) atoms. The van der Waals surface area contributed by atoms with Crippen molar-refractivity contribution >= 4 is 21.8 Å². The third-order valence-corrected chi connectivity index (χ3v) is 4.57. The van der Waals surface area contributed by atoms with Crippen molar-refractivity contribution in [2.75, 3.05) is 6.54 Å². The van der Waals surface area contributed by atoms with Crippen LogP contribution >= 0.6 is 15.9 Å². The Morgan fingerprint density at radius 1 is 1.50 bits per heavy atom. The molecule has 0 heterocycles. The Morgan fingerprint density at radius 3 is 2.67 bits per heavy atom. The molecule has 1 aromatic rings. The summed E-state index contributed by atoms with van der Waals surface area (Å²) in [6.07, 6.45) is 2.28. The number of carbonyl (C=O) groups excluding carboxylic acids is 1. The highest BCUT2D eigenvalue weighted by molar-refractivity contribution is 9.10. The van der Waals surface area contributed by atoms with Crippen molar-refractivity contribution < 1.29 is 9.18 Å². The van der Waals surface area contributed by atoms with Crippen LogP contribution in [0.15, 0.2) is 22.7 Å². The van der Waals surface area contributed by atoms with Crippen LogP contribution in [-0.4, -0.2) is 12.5 Å². The van der Waals surface area contributed by atoms with E-state index < -0.39 is 5.82 Å². The first-order valence-corrected chi connectivity index (χ1v) is 6.98. The summed E-state index contributed by atoms with van der Waals surface area (Å²) in [7, 11) is 0. The first-order valence-electron chi connectivity index (χ1n) is 6.18. The molecule has 0 saturated heterocycles. The number of amides is 1. The lowest BCUT2D eigenvalue weighted by atomic mass is 9.92. The highest BCUT2D eigenvalue weighted by atomic mass is 79.9. The summed E-state index contributed by atoms with van der Waals surface area (Å²) < 4.78 is 14.1. The highest BCUT2D eigenvalue weighted by Gasteiger charge is 2.45. The molecular formula is C14H17BrFNO. The molecule has 0 unspecified atom stereocenters. The molecule has 0 aromatic heterocycles. The number of carbonyl (C=O) groups is 1. The zero-order valence-corrected chi connectivity index (χ0v) is 12.2. The van der Waals surface area contributed by atoms with Crippen LogP contribution in [-0.2, 0) is 0 Å². The van der Waals surface area contributed by atoms with Gasteiger partial charge in [-0.1, -0.05) is 19.9 Å². The van der Waals surface area contributed by atoms with Crippen LogP contribution < -0.4 is 5.32 Å². The van der Waals surface area contributed by atoms with Crippen molar-refractivity contribution in [2.24, 2.45) is 11.3 Å². The maximum Gasteiger partial charge on any atom is 0.255 e. The van der Waals surface area contributed by atoms with E-state index in [1.807, 2.05) is 0 Å². The standard InChI is InChI=1S/C14H17BrFNO/c1-9(2)14(6-7-14)8-17-13(18)12-10(15)4-3-5-11(12)16/h3-5,9H,6-8H2,1-2H3,(H,17,18). The molecule has 1 amide bonds. The van der Waals surface area contributed by atoms with E-state index in [1.165, 1.54) is 6.07 Å². The van der Waals surface area contributed by atoms with Gasteiger partial charge < -0.3 is 5.32 Å². The second-order valence-electron chi connectivity index (χ2n) is 5.30. The molecule has 1 saturated carbocycles. The zero-order valence-electron chi connectivity index (χ0n) is 10.6. The Labute approximate surface area is 115 Å². The van der Waals surface area contributed by atoms with E-state index in [9.17, 15) is 9.18 Å². The predicted octanol–water partition coefficient (Wildman–Crippen LogP) is 3.75. The van der Waals surface area contributed by atoms with Gasteiger partial charge in [-0.05, 0) is 52.2 Å². The van der Waals surface area contributed by atoms with E-state index in [1.54, 1.807) is 12.1 Å². The van der Waals surface area contributed by atoms with Gasteiger partial charge in [0.15, 0.2) is 0 Å². The monoisotopic (exact) mass is 313 g/mol. The zero-order chi connectivity index (χ0) is 13.3. The van der Waals surface area contributed by atoms with Crippen LogP contribution in [0.1, 0.15) is 37.0 Å². The maximum atomic E-state index is 13.6. The number of nitrogens with one attached hydrogen (secondary N) is 1. The topological polar surface area (TPSA) is 29.1 Å². The van der Waals surface area contributed by atoms with Gasteiger partial charge in [-0.25, -0.2) is 4.39 Å². The summed E-state index contributed by atoms with van der Waals surface area (Å²) in [4.78, 5) is 12.0. The second-order valence-corrected chi connectivity index (χ2v) is 6.15. The molecule has 0 radical (unpaired) electrons. The first kappa shape index (κ1) is 13.5. The van der Waals surface area contributed by atoms with Crippen LogP contribution in [0, 0.1) is 17.2 Å². The van der Waals surface area contributed by atoms with E-state index in [2.05, 4.69) is 35.1 Å². The Kier molecular flexibility index (Phi) is 3.76. The number of rotatable bonds is 4. The normalized spacial score (nSPS) is 16.7. The lowest BCUT2D eigenvalue weighted by Gasteiger charge is -2.20. The lowest BCUT2D eigenvalue weighted by molar-refractivity contribution is 0.0935. The van der Waals surface area contributed by atoms with Gasteiger partial charge in [0.05, 0.1) is 5.56 Å². The first-order chi connectivity index (χ1) is 8.46. The fourth-order valence-electron chi connectivity index (χ4n) is 2.18. The summed E-state index contributed by atoms with van der Waals surface area (Å²) in [6, 6.07) is 4.55. The van der Waals surface area contributed by atoms with E-state index in [-0.39, 0.29) is 16.9 Å². The smallest absolute Gasteiger partial charge is 0.255 e. The van der Waals surface area contributed by atoms with Gasteiger partial charge in [0, 0.05) is 11.0 Å². The molecule has 1 N–H and O–H groups in total. The molecular weight excluding hydrogens is 297 g/mol. The van der Waals surface area contributed by atoms with Gasteiger partial charge in [0.2, 0.25) is 0 Å². The fraction of sp³-hybridized carbons (Fsp3) is 0.500. The average Bonchev–Trinajstić information content (AvgIpc) is 3.07. The summed E-state index contributed by atoms with van der Waals surface area (Å²) in [6.45, 7) is 4.96. The van der Waals surface area contributed by atoms with Gasteiger partial charge in [0.1, 0.15) is 5.82 Å². The molecule has 4 heteroatoms. The molecule has 0 spiro atoms. The molecule has 2 nitrogen and oxygen atoms in total.